The molecule has 24 heteroatoms. The van der Waals surface area contributed by atoms with E-state index in [1.807, 2.05) is 0 Å². The highest BCUT2D eigenvalue weighted by Crippen LogP contribution is 2.38. The number of carbonyl (C=O) groups is 4. The molecule has 3 rings (SSSR count). The summed E-state index contributed by atoms with van der Waals surface area (Å²) in [6, 6.07) is -3.36. The summed E-state index contributed by atoms with van der Waals surface area (Å²) in [4.78, 5) is 49.2. The third-order valence-corrected chi connectivity index (χ3v) is 8.86. The average Bonchev–Trinajstić information content (AvgIpc) is 3.07. The maximum Gasteiger partial charge on any atom is 0.364 e. The van der Waals surface area contributed by atoms with Crippen LogP contribution >= 0.6 is 0 Å². The van der Waals surface area contributed by atoms with Crippen molar-refractivity contribution in [1.82, 2.24) is 10.6 Å². The molecule has 0 saturated carbocycles. The van der Waals surface area contributed by atoms with Crippen LogP contribution in [-0.4, -0.2) is 213 Å². The number of amides is 2. The Bertz CT molecular complexity index is 1260. The van der Waals surface area contributed by atoms with E-state index in [1.54, 1.807) is 0 Å². The fourth-order valence-corrected chi connectivity index (χ4v) is 6.16. The number of aliphatic hydroxyl groups excluding tert-OH is 11. The monoisotopic (exact) mass is 762 g/mol. The predicted octanol–water partition coefficient (Wildman–Crippen LogP) is -8.87. The van der Waals surface area contributed by atoms with Gasteiger partial charge in [0.05, 0.1) is 44.1 Å². The number of rotatable bonds is 15. The van der Waals surface area contributed by atoms with E-state index >= 15 is 0 Å². The molecule has 15 N–H and O–H groups in total. The Balaban J connectivity index is 1.99. The van der Waals surface area contributed by atoms with Crippen molar-refractivity contribution in [2.45, 2.75) is 130 Å². The number of hydrogen-bond acceptors (Lipinski definition) is 20. The van der Waals surface area contributed by atoms with Crippen LogP contribution in [0.1, 0.15) is 26.7 Å². The maximum atomic E-state index is 12.7. The van der Waals surface area contributed by atoms with Crippen LogP contribution in [0, 0.1) is 0 Å². The van der Waals surface area contributed by atoms with Crippen molar-refractivity contribution in [3.05, 3.63) is 0 Å². The van der Waals surface area contributed by atoms with Gasteiger partial charge in [-0.2, -0.15) is 0 Å². The lowest BCUT2D eigenvalue weighted by molar-refractivity contribution is -0.351. The zero-order valence-electron chi connectivity index (χ0n) is 27.7. The number of carbonyl (C=O) groups excluding carboxylic acids is 2. The van der Waals surface area contributed by atoms with E-state index in [4.69, 9.17) is 23.7 Å². The molecule has 24 nitrogen and oxygen atoms in total. The Morgan fingerprint density at radius 3 is 1.67 bits per heavy atom. The van der Waals surface area contributed by atoms with Gasteiger partial charge in [0.1, 0.15) is 61.0 Å². The van der Waals surface area contributed by atoms with Gasteiger partial charge in [-0.05, 0) is 0 Å². The summed E-state index contributed by atoms with van der Waals surface area (Å²) in [6.07, 6.45) is -28.8. The third kappa shape index (κ3) is 9.30. The van der Waals surface area contributed by atoms with Crippen molar-refractivity contribution < 1.29 is 109 Å². The molecule has 3 aliphatic rings. The van der Waals surface area contributed by atoms with E-state index in [2.05, 4.69) is 10.6 Å². The zero-order valence-corrected chi connectivity index (χ0v) is 27.7. The minimum absolute atomic E-state index is 0.800. The second kappa shape index (κ2) is 17.6. The van der Waals surface area contributed by atoms with Crippen molar-refractivity contribution in [3.63, 3.8) is 0 Å². The smallest absolute Gasteiger partial charge is 0.364 e. The minimum atomic E-state index is -3.14. The van der Waals surface area contributed by atoms with Crippen LogP contribution in [0.3, 0.4) is 0 Å². The molecule has 0 bridgehead atoms. The molecule has 0 aromatic carbocycles. The summed E-state index contributed by atoms with van der Waals surface area (Å²) in [5.74, 6) is -11.8. The Kier molecular flexibility index (Phi) is 14.8. The Morgan fingerprint density at radius 1 is 0.731 bits per heavy atom. The molecule has 3 fully saturated rings. The van der Waals surface area contributed by atoms with Crippen LogP contribution in [0.15, 0.2) is 0 Å². The normalized spacial score (nSPS) is 40.5. The van der Waals surface area contributed by atoms with E-state index in [9.17, 15) is 85.6 Å². The number of hydrogen-bond donors (Lipinski definition) is 15. The van der Waals surface area contributed by atoms with Gasteiger partial charge in [-0.3, -0.25) is 9.59 Å². The van der Waals surface area contributed by atoms with Crippen LogP contribution in [0.5, 0.6) is 0 Å². The van der Waals surface area contributed by atoms with Gasteiger partial charge in [0, 0.05) is 26.7 Å². The highest BCUT2D eigenvalue weighted by molar-refractivity contribution is 5.77. The standard InChI is InChI=1S/C28H46N2O22/c1-8(33)29-15-11(36)4-28(26(46)47,52-22(15)17(38)12(37)5-31)50-13(6-32)19(40)23-16(30-9(2)34)10(35)3-27(51-23,25(44)45)48-7-14-18(39)20(41)21(42)24(43)49-14/h10-24,31-32,35-43H,3-7H2,1-2H3,(H,29,33)(H,30,34)(H,44,45)(H,46,47)/t10-,11-,12+,13+,14+,15+,16+,17+,18-,19+,20-,21+,22+,23+,24+,27+,28+/m0/s1. The van der Waals surface area contributed by atoms with Crippen molar-refractivity contribution >= 4 is 23.8 Å². The summed E-state index contributed by atoms with van der Waals surface area (Å²) in [5, 5.41) is 139. The van der Waals surface area contributed by atoms with Gasteiger partial charge in [0.2, 0.25) is 11.8 Å². The number of ether oxygens (including phenoxy) is 5. The average molecular weight is 763 g/mol. The molecule has 0 spiro atoms. The lowest BCUT2D eigenvalue weighted by Gasteiger charge is -2.49. The number of carboxylic acids is 2. The summed E-state index contributed by atoms with van der Waals surface area (Å²) >= 11 is 0. The van der Waals surface area contributed by atoms with Crippen LogP contribution < -0.4 is 10.6 Å². The molecule has 0 unspecified atom stereocenters. The SMILES string of the molecule is CC(=O)N[C@H]1[C@H]([C@H](O)[C@H](O)CO)O[C@@](O[C@H](CO)[C@@H](O)[C@@H]2O[C@@](OC[C@H]3O[C@@H](O)[C@H](O)[C@@H](O)[C@H]3O)(C(=O)O)C[C@H](O)[C@H]2NC(C)=O)(C(=O)O)C[C@@H]1O. The van der Waals surface area contributed by atoms with Gasteiger partial charge in [-0.15, -0.1) is 0 Å². The molecule has 3 saturated heterocycles. The fraction of sp³-hybridized carbons (Fsp3) is 0.857. The second-order valence-electron chi connectivity index (χ2n) is 12.7. The molecule has 3 aliphatic heterocycles. The van der Waals surface area contributed by atoms with Gasteiger partial charge in [0.15, 0.2) is 6.29 Å². The summed E-state index contributed by atoms with van der Waals surface area (Å²) in [7, 11) is 0. The molecule has 0 aromatic heterocycles. The molecule has 0 aromatic rings. The van der Waals surface area contributed by atoms with Crippen LogP contribution in [0.2, 0.25) is 0 Å². The topological polar surface area (TPSA) is 401 Å². The van der Waals surface area contributed by atoms with E-state index in [-0.39, 0.29) is 0 Å². The molecule has 300 valence electrons. The molecular formula is C28H46N2O22. The van der Waals surface area contributed by atoms with Crippen molar-refractivity contribution in [2.24, 2.45) is 0 Å². The first-order chi connectivity index (χ1) is 24.1. The van der Waals surface area contributed by atoms with Gasteiger partial charge in [-0.25, -0.2) is 9.59 Å². The van der Waals surface area contributed by atoms with E-state index in [0.717, 1.165) is 13.8 Å². The highest BCUT2D eigenvalue weighted by atomic mass is 16.8. The fourth-order valence-electron chi connectivity index (χ4n) is 6.16. The molecule has 2 amide bonds. The lowest BCUT2D eigenvalue weighted by Crippen LogP contribution is -2.70. The van der Waals surface area contributed by atoms with Gasteiger partial charge in [-0.1, -0.05) is 0 Å². The number of aliphatic carboxylic acids is 2. The molecule has 52 heavy (non-hydrogen) atoms. The molecular weight excluding hydrogens is 716 g/mol. The van der Waals surface area contributed by atoms with Gasteiger partial charge in [0.25, 0.3) is 11.6 Å². The lowest BCUT2D eigenvalue weighted by atomic mass is 9.87. The van der Waals surface area contributed by atoms with Crippen molar-refractivity contribution in [2.75, 3.05) is 19.8 Å². The third-order valence-electron chi connectivity index (χ3n) is 8.86. The summed E-state index contributed by atoms with van der Waals surface area (Å²) in [6.45, 7) is -1.49. The Hall–Kier alpha value is -2.76. The first kappa shape index (κ1) is 43.6. The number of nitrogens with one attached hydrogen (secondary N) is 2. The van der Waals surface area contributed by atoms with Crippen LogP contribution in [0.25, 0.3) is 0 Å². The minimum Gasteiger partial charge on any atom is -0.477 e. The first-order valence-electron chi connectivity index (χ1n) is 15.8. The molecule has 0 aliphatic carbocycles. The molecule has 0 radical (unpaired) electrons. The van der Waals surface area contributed by atoms with E-state index in [0.29, 0.717) is 0 Å². The van der Waals surface area contributed by atoms with E-state index in [1.165, 1.54) is 0 Å². The van der Waals surface area contributed by atoms with Crippen molar-refractivity contribution in [3.8, 4) is 0 Å². The molecule has 3 heterocycles. The van der Waals surface area contributed by atoms with Gasteiger partial charge >= 0.3 is 11.9 Å². The largest absolute Gasteiger partial charge is 0.477 e. The number of aliphatic hydroxyl groups is 11. The second-order valence-corrected chi connectivity index (χ2v) is 12.7. The zero-order chi connectivity index (χ0) is 39.5. The summed E-state index contributed by atoms with van der Waals surface area (Å²) in [5.41, 5.74) is 0. The quantitative estimate of drug-likeness (QED) is 0.0736. The van der Waals surface area contributed by atoms with Crippen LogP contribution in [0.4, 0.5) is 0 Å². The number of carboxylic acid groups (broad SMARTS) is 2. The summed E-state index contributed by atoms with van der Waals surface area (Å²) < 4.78 is 26.9. The Labute approximate surface area is 293 Å². The van der Waals surface area contributed by atoms with Crippen molar-refractivity contribution in [1.29, 1.82) is 0 Å². The highest BCUT2D eigenvalue weighted by Gasteiger charge is 2.60. The Morgan fingerprint density at radius 2 is 1.21 bits per heavy atom. The van der Waals surface area contributed by atoms with Gasteiger partial charge < -0.3 is 101 Å². The van der Waals surface area contributed by atoms with E-state index < -0.39 is 160 Å². The predicted molar refractivity (Wildman–Crippen MR) is 159 cm³/mol. The molecule has 17 atom stereocenters. The maximum absolute atomic E-state index is 12.7. The van der Waals surface area contributed by atoms with Crippen LogP contribution in [-0.2, 0) is 42.9 Å². The first-order valence-corrected chi connectivity index (χ1v) is 15.8.